The zero-order chi connectivity index (χ0) is 24.9. The third-order valence-corrected chi connectivity index (χ3v) is 5.49. The van der Waals surface area contributed by atoms with Crippen LogP contribution in [0.3, 0.4) is 0 Å². The number of pyridine rings is 2. The summed E-state index contributed by atoms with van der Waals surface area (Å²) in [7, 11) is 0. The highest BCUT2D eigenvalue weighted by molar-refractivity contribution is 6.32. The van der Waals surface area contributed by atoms with Gasteiger partial charge in [0.1, 0.15) is 5.69 Å². The first-order valence-electron chi connectivity index (χ1n) is 9.92. The van der Waals surface area contributed by atoms with E-state index in [1.165, 1.54) is 53.7 Å². The second kappa shape index (κ2) is 8.09. The van der Waals surface area contributed by atoms with Crippen LogP contribution in [0, 0.1) is 0 Å². The number of rotatable bonds is 4. The summed E-state index contributed by atoms with van der Waals surface area (Å²) in [5.41, 5.74) is 2.65. The third kappa shape index (κ3) is 3.73. The molecule has 35 heavy (non-hydrogen) atoms. The number of primary amides is 1. The second-order valence-electron chi connectivity index (χ2n) is 7.34. The normalized spacial score (nSPS) is 11.8. The van der Waals surface area contributed by atoms with Gasteiger partial charge >= 0.3 is 6.18 Å². The van der Waals surface area contributed by atoms with Crippen molar-refractivity contribution in [3.8, 4) is 22.8 Å². The lowest BCUT2D eigenvalue weighted by atomic mass is 10.1. The van der Waals surface area contributed by atoms with Gasteiger partial charge in [0.2, 0.25) is 0 Å². The van der Waals surface area contributed by atoms with Gasteiger partial charge in [0, 0.05) is 42.6 Å². The van der Waals surface area contributed by atoms with Crippen LogP contribution in [0.25, 0.3) is 28.4 Å². The van der Waals surface area contributed by atoms with Gasteiger partial charge in [-0.15, -0.1) is 0 Å². The molecule has 0 aromatic carbocycles. The molecule has 5 heterocycles. The summed E-state index contributed by atoms with van der Waals surface area (Å²) >= 11 is 6.38. The van der Waals surface area contributed by atoms with Crippen molar-refractivity contribution in [3.05, 3.63) is 94.0 Å². The van der Waals surface area contributed by atoms with Crippen LogP contribution in [0.2, 0.25) is 5.02 Å². The summed E-state index contributed by atoms with van der Waals surface area (Å²) < 4.78 is 46.2. The van der Waals surface area contributed by atoms with E-state index in [1.54, 1.807) is 12.3 Å². The summed E-state index contributed by atoms with van der Waals surface area (Å²) in [6, 6.07) is 7.97. The van der Waals surface area contributed by atoms with Crippen LogP contribution in [0.15, 0.2) is 72.2 Å². The summed E-state index contributed by atoms with van der Waals surface area (Å²) in [5, 5.41) is 4.14. The largest absolute Gasteiger partial charge is 0.432 e. The van der Waals surface area contributed by atoms with Crippen molar-refractivity contribution >= 4 is 23.2 Å². The predicted octanol–water partition coefficient (Wildman–Crippen LogP) is 3.50. The Morgan fingerprint density at radius 3 is 2.51 bits per heavy atom. The number of halogens is 4. The molecule has 0 saturated heterocycles. The van der Waals surface area contributed by atoms with E-state index < -0.39 is 28.9 Å². The van der Waals surface area contributed by atoms with Crippen molar-refractivity contribution in [2.24, 2.45) is 5.73 Å². The van der Waals surface area contributed by atoms with Gasteiger partial charge in [0.25, 0.3) is 11.5 Å². The average molecular weight is 500 g/mol. The fourth-order valence-corrected chi connectivity index (χ4v) is 4.05. The standard InChI is InChI=1S/C22H13ClF3N7O2/c23-14-9-12(11-29-20(14)32-8-2-5-30-32)16-10-13(19(27)35)18(22(24,25)26)33(16)15-3-1-7-31-17(34)4-6-28-21(15)31/h1-11H,(H2,27,35). The molecule has 0 spiro atoms. The first-order valence-corrected chi connectivity index (χ1v) is 10.3. The third-order valence-electron chi connectivity index (χ3n) is 5.21. The fraction of sp³-hybridized carbons (Fsp3) is 0.0455. The average Bonchev–Trinajstić information content (AvgIpc) is 3.47. The van der Waals surface area contributed by atoms with E-state index in [2.05, 4.69) is 15.1 Å². The molecule has 1 amide bonds. The molecule has 176 valence electrons. The second-order valence-corrected chi connectivity index (χ2v) is 7.75. The van der Waals surface area contributed by atoms with Gasteiger partial charge in [-0.1, -0.05) is 11.6 Å². The van der Waals surface area contributed by atoms with E-state index >= 15 is 0 Å². The van der Waals surface area contributed by atoms with Gasteiger partial charge in [-0.05, 0) is 30.3 Å². The van der Waals surface area contributed by atoms with E-state index in [0.29, 0.717) is 0 Å². The summed E-state index contributed by atoms with van der Waals surface area (Å²) in [6.45, 7) is 0. The number of amides is 1. The van der Waals surface area contributed by atoms with E-state index in [4.69, 9.17) is 17.3 Å². The Labute approximate surface area is 198 Å². The first-order chi connectivity index (χ1) is 16.7. The zero-order valence-corrected chi connectivity index (χ0v) is 18.2. The Hall–Kier alpha value is -4.45. The van der Waals surface area contributed by atoms with Gasteiger partial charge in [-0.2, -0.15) is 18.3 Å². The summed E-state index contributed by atoms with van der Waals surface area (Å²) in [5.74, 6) is -1.03. The molecule has 0 unspecified atom stereocenters. The van der Waals surface area contributed by atoms with E-state index in [0.717, 1.165) is 15.0 Å². The quantitative estimate of drug-likeness (QED) is 0.406. The van der Waals surface area contributed by atoms with Crippen LogP contribution in [-0.2, 0) is 6.18 Å². The minimum atomic E-state index is -4.99. The van der Waals surface area contributed by atoms with Crippen LogP contribution in [0.1, 0.15) is 16.1 Å². The van der Waals surface area contributed by atoms with Gasteiger partial charge < -0.3 is 10.3 Å². The highest BCUT2D eigenvalue weighted by atomic mass is 35.5. The molecular formula is C22H13ClF3N7O2. The number of hydrogen-bond donors (Lipinski definition) is 1. The molecule has 0 fully saturated rings. The molecule has 5 aromatic heterocycles. The highest BCUT2D eigenvalue weighted by Crippen LogP contribution is 2.40. The van der Waals surface area contributed by atoms with Gasteiger partial charge in [0.15, 0.2) is 11.5 Å². The molecule has 9 nitrogen and oxygen atoms in total. The van der Waals surface area contributed by atoms with Crippen molar-refractivity contribution in [1.82, 2.24) is 28.7 Å². The monoisotopic (exact) mass is 499 g/mol. The number of hydrogen-bond acceptors (Lipinski definition) is 5. The SMILES string of the molecule is NC(=O)c1cc(-c2cnc(-n3cccn3)c(Cl)c2)n(-c2cccn3c(=O)ccnc23)c1C(F)(F)F. The van der Waals surface area contributed by atoms with Gasteiger partial charge in [-0.25, -0.2) is 14.6 Å². The molecule has 0 bridgehead atoms. The number of aromatic nitrogens is 6. The number of carbonyl (C=O) groups is 1. The Kier molecular flexibility index (Phi) is 5.17. The Bertz CT molecular complexity index is 1660. The molecule has 5 aromatic rings. The lowest BCUT2D eigenvalue weighted by Crippen LogP contribution is -2.22. The van der Waals surface area contributed by atoms with Crippen LogP contribution in [-0.4, -0.2) is 34.6 Å². The smallest absolute Gasteiger partial charge is 0.366 e. The molecular weight excluding hydrogens is 487 g/mol. The minimum Gasteiger partial charge on any atom is -0.366 e. The Morgan fingerprint density at radius 1 is 1.06 bits per heavy atom. The molecule has 0 atom stereocenters. The number of fused-ring (bicyclic) bond motifs is 1. The molecule has 5 rings (SSSR count). The van der Waals surface area contributed by atoms with Crippen molar-refractivity contribution in [1.29, 1.82) is 0 Å². The van der Waals surface area contributed by atoms with Crippen molar-refractivity contribution in [3.63, 3.8) is 0 Å². The maximum absolute atomic E-state index is 14.3. The van der Waals surface area contributed by atoms with Gasteiger partial charge in [-0.3, -0.25) is 14.0 Å². The predicted molar refractivity (Wildman–Crippen MR) is 120 cm³/mol. The fourth-order valence-electron chi connectivity index (χ4n) is 3.80. The van der Waals surface area contributed by atoms with Crippen molar-refractivity contribution in [2.45, 2.75) is 6.18 Å². The van der Waals surface area contributed by atoms with Crippen molar-refractivity contribution in [2.75, 3.05) is 0 Å². The maximum Gasteiger partial charge on any atom is 0.432 e. The number of carbonyl (C=O) groups excluding carboxylic acids is 1. The highest BCUT2D eigenvalue weighted by Gasteiger charge is 2.41. The molecule has 13 heteroatoms. The maximum atomic E-state index is 14.3. The van der Waals surface area contributed by atoms with E-state index in [-0.39, 0.29) is 33.4 Å². The summed E-state index contributed by atoms with van der Waals surface area (Å²) in [6.07, 6.45) is 1.98. The minimum absolute atomic E-state index is 0.0643. The van der Waals surface area contributed by atoms with Crippen molar-refractivity contribution < 1.29 is 18.0 Å². The molecule has 2 N–H and O–H groups in total. The number of nitrogens with zero attached hydrogens (tertiary/aromatic N) is 6. The van der Waals surface area contributed by atoms with Crippen LogP contribution in [0.5, 0.6) is 0 Å². The van der Waals surface area contributed by atoms with Crippen LogP contribution in [0.4, 0.5) is 13.2 Å². The van der Waals surface area contributed by atoms with Gasteiger partial charge in [0.05, 0.1) is 22.0 Å². The number of nitrogens with two attached hydrogens (primary N) is 1. The molecule has 0 radical (unpaired) electrons. The first kappa shape index (κ1) is 22.3. The van der Waals surface area contributed by atoms with E-state index in [9.17, 15) is 22.8 Å². The number of alkyl halides is 3. The molecule has 0 aliphatic rings. The molecule has 0 saturated carbocycles. The van der Waals surface area contributed by atoms with E-state index in [1.807, 2.05) is 0 Å². The Morgan fingerprint density at radius 2 is 1.86 bits per heavy atom. The zero-order valence-electron chi connectivity index (χ0n) is 17.4. The Balaban J connectivity index is 1.86. The van der Waals surface area contributed by atoms with Crippen LogP contribution < -0.4 is 11.3 Å². The topological polar surface area (TPSA) is 113 Å². The molecule has 0 aliphatic heterocycles. The molecule has 0 aliphatic carbocycles. The lowest BCUT2D eigenvalue weighted by Gasteiger charge is -2.18. The van der Waals surface area contributed by atoms with Crippen LogP contribution >= 0.6 is 11.6 Å². The summed E-state index contributed by atoms with van der Waals surface area (Å²) in [4.78, 5) is 32.7. The lowest BCUT2D eigenvalue weighted by molar-refractivity contribution is -0.142.